The van der Waals surface area contributed by atoms with Crippen LogP contribution in [-0.4, -0.2) is 38.2 Å². The molecule has 1 saturated carbocycles. The second kappa shape index (κ2) is 10.1. The fraction of sp³-hybridized carbons (Fsp3) is 0.417. The molecule has 154 valence electrons. The Hall–Kier alpha value is -2.82. The molecule has 1 fully saturated rings. The highest BCUT2D eigenvalue weighted by Gasteiger charge is 2.41. The molecule has 5 heteroatoms. The number of rotatable bonds is 7. The van der Waals surface area contributed by atoms with Crippen LogP contribution in [0.2, 0.25) is 0 Å². The number of hydrogen-bond donors (Lipinski definition) is 0. The molecule has 0 radical (unpaired) electrons. The summed E-state index contributed by atoms with van der Waals surface area (Å²) in [6, 6.07) is 18.0. The molecular weight excluding hydrogens is 366 g/mol. The predicted molar refractivity (Wildman–Crippen MR) is 113 cm³/mol. The van der Waals surface area contributed by atoms with Crippen LogP contribution in [0.15, 0.2) is 60.7 Å². The Morgan fingerprint density at radius 2 is 1.48 bits per heavy atom. The van der Waals surface area contributed by atoms with Gasteiger partial charge in [-0.25, -0.2) is 4.79 Å². The standard InChI is InChI=1S/C24H29NO4/c1-25(19-14-8-4-9-15-19)22(24(27)29-20-16-10-5-11-17-20)21(23(26)28-2)18-12-6-3-7-13-18/h3-4,6-9,12-15,20-22H,5,10-11,16-17H2,1-2H3. The summed E-state index contributed by atoms with van der Waals surface area (Å²) in [6.07, 6.45) is 4.98. The monoisotopic (exact) mass is 395 g/mol. The Balaban J connectivity index is 1.97. The first kappa shape index (κ1) is 20.9. The fourth-order valence-electron chi connectivity index (χ4n) is 3.99. The van der Waals surface area contributed by atoms with Gasteiger partial charge in [0.05, 0.1) is 7.11 Å². The van der Waals surface area contributed by atoms with E-state index >= 15 is 0 Å². The molecule has 0 aliphatic heterocycles. The van der Waals surface area contributed by atoms with Gasteiger partial charge < -0.3 is 14.4 Å². The zero-order valence-electron chi connectivity index (χ0n) is 17.1. The molecule has 1 aliphatic carbocycles. The summed E-state index contributed by atoms with van der Waals surface area (Å²) in [5.41, 5.74) is 1.57. The van der Waals surface area contributed by atoms with Gasteiger partial charge in [-0.1, -0.05) is 55.0 Å². The maximum Gasteiger partial charge on any atom is 0.330 e. The van der Waals surface area contributed by atoms with E-state index in [1.165, 1.54) is 13.5 Å². The predicted octanol–water partition coefficient (Wildman–Crippen LogP) is 4.32. The van der Waals surface area contributed by atoms with E-state index < -0.39 is 17.9 Å². The van der Waals surface area contributed by atoms with Crippen LogP contribution in [0.3, 0.4) is 0 Å². The van der Waals surface area contributed by atoms with Crippen LogP contribution in [0.4, 0.5) is 5.69 Å². The number of likely N-dealkylation sites (N-methyl/N-ethyl adjacent to an activating group) is 1. The number of anilines is 1. The van der Waals surface area contributed by atoms with Crippen LogP contribution >= 0.6 is 0 Å². The molecule has 2 aromatic rings. The number of ether oxygens (including phenoxy) is 2. The van der Waals surface area contributed by atoms with Crippen molar-refractivity contribution in [2.75, 3.05) is 19.1 Å². The lowest BCUT2D eigenvalue weighted by Gasteiger charge is -2.34. The molecule has 0 aromatic heterocycles. The molecule has 0 heterocycles. The number of nitrogens with zero attached hydrogens (tertiary/aromatic N) is 1. The largest absolute Gasteiger partial charge is 0.468 e. The average Bonchev–Trinajstić information content (AvgIpc) is 2.78. The van der Waals surface area contributed by atoms with E-state index in [1.54, 1.807) is 0 Å². The first-order valence-corrected chi connectivity index (χ1v) is 10.2. The van der Waals surface area contributed by atoms with Crippen molar-refractivity contribution in [3.8, 4) is 0 Å². The summed E-state index contributed by atoms with van der Waals surface area (Å²) >= 11 is 0. The number of para-hydroxylation sites is 1. The zero-order valence-corrected chi connectivity index (χ0v) is 17.1. The second-order valence-electron chi connectivity index (χ2n) is 7.50. The van der Waals surface area contributed by atoms with Gasteiger partial charge in [0.15, 0.2) is 0 Å². The lowest BCUT2D eigenvalue weighted by atomic mass is 9.89. The Kier molecular flexibility index (Phi) is 7.28. The highest BCUT2D eigenvalue weighted by Crippen LogP contribution is 2.30. The lowest BCUT2D eigenvalue weighted by molar-refractivity contribution is -0.157. The van der Waals surface area contributed by atoms with E-state index in [1.807, 2.05) is 72.6 Å². The summed E-state index contributed by atoms with van der Waals surface area (Å²) < 4.78 is 11.0. The van der Waals surface area contributed by atoms with Crippen molar-refractivity contribution in [1.82, 2.24) is 0 Å². The van der Waals surface area contributed by atoms with Crippen molar-refractivity contribution in [3.63, 3.8) is 0 Å². The number of hydrogen-bond acceptors (Lipinski definition) is 5. The van der Waals surface area contributed by atoms with Crippen LogP contribution in [0, 0.1) is 0 Å². The summed E-state index contributed by atoms with van der Waals surface area (Å²) in [6.45, 7) is 0. The average molecular weight is 395 g/mol. The minimum Gasteiger partial charge on any atom is -0.468 e. The van der Waals surface area contributed by atoms with Gasteiger partial charge in [0, 0.05) is 12.7 Å². The van der Waals surface area contributed by atoms with Crippen molar-refractivity contribution in [2.24, 2.45) is 0 Å². The fourth-order valence-corrected chi connectivity index (χ4v) is 3.99. The number of carbonyl (C=O) groups excluding carboxylic acids is 2. The minimum atomic E-state index is -0.825. The van der Waals surface area contributed by atoms with Gasteiger partial charge in [0.1, 0.15) is 18.1 Å². The van der Waals surface area contributed by atoms with Crippen molar-refractivity contribution in [1.29, 1.82) is 0 Å². The molecule has 3 rings (SSSR count). The summed E-state index contributed by atoms with van der Waals surface area (Å²) in [5.74, 6) is -1.63. The molecule has 0 bridgehead atoms. The number of esters is 2. The molecule has 2 atom stereocenters. The molecule has 2 aromatic carbocycles. The second-order valence-corrected chi connectivity index (χ2v) is 7.50. The molecule has 0 saturated heterocycles. The van der Waals surface area contributed by atoms with Gasteiger partial charge in [-0.05, 0) is 43.4 Å². The van der Waals surface area contributed by atoms with Gasteiger partial charge in [-0.3, -0.25) is 4.79 Å². The maximum absolute atomic E-state index is 13.4. The molecule has 29 heavy (non-hydrogen) atoms. The SMILES string of the molecule is COC(=O)C(c1ccccc1)C(C(=O)OC1CCCCC1)N(C)c1ccccc1. The normalized spacial score (nSPS) is 16.5. The smallest absolute Gasteiger partial charge is 0.330 e. The van der Waals surface area contributed by atoms with E-state index in [4.69, 9.17) is 9.47 Å². The number of carbonyl (C=O) groups is 2. The first-order valence-electron chi connectivity index (χ1n) is 10.2. The molecule has 0 amide bonds. The van der Waals surface area contributed by atoms with Crippen molar-refractivity contribution < 1.29 is 19.1 Å². The van der Waals surface area contributed by atoms with Crippen LogP contribution in [-0.2, 0) is 19.1 Å². The van der Waals surface area contributed by atoms with Crippen molar-refractivity contribution in [2.45, 2.75) is 50.2 Å². The summed E-state index contributed by atoms with van der Waals surface area (Å²) in [4.78, 5) is 28.0. The molecule has 5 nitrogen and oxygen atoms in total. The molecule has 0 spiro atoms. The Bertz CT molecular complexity index is 787. The topological polar surface area (TPSA) is 55.8 Å². The van der Waals surface area contributed by atoms with E-state index in [0.29, 0.717) is 0 Å². The Labute approximate surface area is 172 Å². The highest BCUT2D eigenvalue weighted by atomic mass is 16.5. The van der Waals surface area contributed by atoms with E-state index in [0.717, 1.165) is 36.9 Å². The van der Waals surface area contributed by atoms with Gasteiger partial charge in [0.2, 0.25) is 0 Å². The van der Waals surface area contributed by atoms with Crippen LogP contribution < -0.4 is 4.90 Å². The van der Waals surface area contributed by atoms with Crippen molar-refractivity contribution >= 4 is 17.6 Å². The Morgan fingerprint density at radius 1 is 0.897 bits per heavy atom. The summed E-state index contributed by atoms with van der Waals surface area (Å²) in [7, 11) is 3.17. The molecule has 2 unspecified atom stereocenters. The van der Waals surface area contributed by atoms with Gasteiger partial charge >= 0.3 is 11.9 Å². The number of benzene rings is 2. The van der Waals surface area contributed by atoms with Crippen molar-refractivity contribution in [3.05, 3.63) is 66.2 Å². The van der Waals surface area contributed by atoms with Gasteiger partial charge in [-0.2, -0.15) is 0 Å². The first-order chi connectivity index (χ1) is 14.1. The third-order valence-electron chi connectivity index (χ3n) is 5.59. The summed E-state index contributed by atoms with van der Waals surface area (Å²) in [5, 5.41) is 0. The zero-order chi connectivity index (χ0) is 20.6. The van der Waals surface area contributed by atoms with E-state index in [-0.39, 0.29) is 12.1 Å². The van der Waals surface area contributed by atoms with Crippen LogP contribution in [0.5, 0.6) is 0 Å². The maximum atomic E-state index is 13.4. The van der Waals surface area contributed by atoms with E-state index in [9.17, 15) is 9.59 Å². The van der Waals surface area contributed by atoms with Crippen LogP contribution in [0.25, 0.3) is 0 Å². The van der Waals surface area contributed by atoms with Gasteiger partial charge in [-0.15, -0.1) is 0 Å². The van der Waals surface area contributed by atoms with Gasteiger partial charge in [0.25, 0.3) is 0 Å². The third kappa shape index (κ3) is 5.17. The molecule has 0 N–H and O–H groups in total. The van der Waals surface area contributed by atoms with Crippen LogP contribution in [0.1, 0.15) is 43.6 Å². The van der Waals surface area contributed by atoms with E-state index in [2.05, 4.69) is 0 Å². The minimum absolute atomic E-state index is 0.0861. The molecular formula is C24H29NO4. The lowest BCUT2D eigenvalue weighted by Crippen LogP contribution is -2.48. The third-order valence-corrected chi connectivity index (χ3v) is 5.59. The number of methoxy groups -OCH3 is 1. The molecule has 1 aliphatic rings. The highest BCUT2D eigenvalue weighted by molar-refractivity contribution is 5.91. The Morgan fingerprint density at radius 3 is 2.07 bits per heavy atom. The quantitative estimate of drug-likeness (QED) is 0.654.